The lowest BCUT2D eigenvalue weighted by atomic mass is 10.2. The van der Waals surface area contributed by atoms with Crippen molar-refractivity contribution in [1.29, 1.82) is 0 Å². The van der Waals surface area contributed by atoms with Crippen LogP contribution in [0.25, 0.3) is 0 Å². The molecule has 0 spiro atoms. The summed E-state index contributed by atoms with van der Waals surface area (Å²) >= 11 is 0. The highest BCUT2D eigenvalue weighted by molar-refractivity contribution is 5.57. The maximum atomic E-state index is 7.10. The zero-order valence-corrected chi connectivity index (χ0v) is 8.67. The van der Waals surface area contributed by atoms with Crippen LogP contribution in [0.1, 0.15) is 5.56 Å². The van der Waals surface area contributed by atoms with Crippen molar-refractivity contribution in [2.24, 2.45) is 0 Å². The molecule has 0 bridgehead atoms. The molecule has 0 saturated carbocycles. The van der Waals surface area contributed by atoms with E-state index < -0.39 is 0 Å². The molecule has 0 amide bonds. The lowest BCUT2D eigenvalue weighted by molar-refractivity contribution is 0.425. The molecule has 73 valence electrons. The van der Waals surface area contributed by atoms with Crippen molar-refractivity contribution in [3.8, 4) is 5.92 Å². The Morgan fingerprint density at radius 1 is 1.36 bits per heavy atom. The standard InChI is InChI=1S/C12H15N2/c1-4-11-7-5-6-8-12(11)13-9-10-14(2)3/h5-8,13H,9-10H2,2-3H3. The molecule has 0 aliphatic rings. The fraction of sp³-hybridized carbons (Fsp3) is 0.333. The van der Waals surface area contributed by atoms with Gasteiger partial charge in [0, 0.05) is 24.3 Å². The van der Waals surface area contributed by atoms with E-state index in [1.165, 1.54) is 0 Å². The number of nitrogens with zero attached hydrogens (tertiary/aromatic N) is 1. The average Bonchev–Trinajstić information content (AvgIpc) is 2.18. The third-order valence-corrected chi connectivity index (χ3v) is 1.94. The number of hydrogen-bond acceptors (Lipinski definition) is 2. The summed E-state index contributed by atoms with van der Waals surface area (Å²) in [4.78, 5) is 2.11. The van der Waals surface area contributed by atoms with Crippen molar-refractivity contribution < 1.29 is 0 Å². The van der Waals surface area contributed by atoms with Gasteiger partial charge >= 0.3 is 0 Å². The number of hydrogen-bond donors (Lipinski definition) is 1. The number of benzene rings is 1. The average molecular weight is 187 g/mol. The smallest absolute Gasteiger partial charge is 0.0500 e. The van der Waals surface area contributed by atoms with Gasteiger partial charge in [0.2, 0.25) is 0 Å². The molecule has 2 nitrogen and oxygen atoms in total. The van der Waals surface area contributed by atoms with Crippen LogP contribution >= 0.6 is 0 Å². The first kappa shape index (κ1) is 10.6. The Labute approximate surface area is 85.9 Å². The molecule has 0 fully saturated rings. The van der Waals surface area contributed by atoms with Gasteiger partial charge in [0.25, 0.3) is 0 Å². The first-order valence-corrected chi connectivity index (χ1v) is 4.64. The normalized spacial score (nSPS) is 9.86. The van der Waals surface area contributed by atoms with Crippen LogP contribution < -0.4 is 5.32 Å². The summed E-state index contributed by atoms with van der Waals surface area (Å²) in [5.74, 6) is 2.41. The topological polar surface area (TPSA) is 15.3 Å². The highest BCUT2D eigenvalue weighted by atomic mass is 15.1. The van der Waals surface area contributed by atoms with E-state index in [0.29, 0.717) is 0 Å². The van der Waals surface area contributed by atoms with Gasteiger partial charge in [0.15, 0.2) is 0 Å². The van der Waals surface area contributed by atoms with Gasteiger partial charge < -0.3 is 10.2 Å². The Bertz CT molecular complexity index is 323. The maximum Gasteiger partial charge on any atom is 0.0500 e. The molecule has 2 heteroatoms. The minimum absolute atomic E-state index is 0.811. The van der Waals surface area contributed by atoms with Gasteiger partial charge in [-0.05, 0) is 32.7 Å². The summed E-state index contributed by atoms with van der Waals surface area (Å²) in [5.41, 5.74) is 1.79. The Balaban J connectivity index is 2.54. The maximum absolute atomic E-state index is 7.10. The number of nitrogens with one attached hydrogen (secondary N) is 1. The molecule has 1 aromatic rings. The molecule has 0 aliphatic carbocycles. The lowest BCUT2D eigenvalue weighted by Gasteiger charge is -2.12. The van der Waals surface area contributed by atoms with Crippen LogP contribution in [0.4, 0.5) is 5.69 Å². The second-order valence-corrected chi connectivity index (χ2v) is 3.40. The summed E-state index contributed by atoms with van der Waals surface area (Å²) in [6.45, 7) is 1.86. The minimum Gasteiger partial charge on any atom is -0.383 e. The van der Waals surface area contributed by atoms with Crippen LogP contribution in [0.5, 0.6) is 0 Å². The SMILES string of the molecule is [C]#Cc1ccccc1NCCN(C)C. The third-order valence-electron chi connectivity index (χ3n) is 1.94. The molecule has 0 heterocycles. The number of para-hydroxylation sites is 1. The lowest BCUT2D eigenvalue weighted by Crippen LogP contribution is -2.21. The van der Waals surface area contributed by atoms with E-state index in [-0.39, 0.29) is 0 Å². The van der Waals surface area contributed by atoms with Gasteiger partial charge in [-0.15, -0.1) is 0 Å². The van der Waals surface area contributed by atoms with E-state index in [1.807, 2.05) is 38.4 Å². The zero-order chi connectivity index (χ0) is 10.4. The van der Waals surface area contributed by atoms with Gasteiger partial charge in [0.1, 0.15) is 0 Å². The van der Waals surface area contributed by atoms with Gasteiger partial charge in [-0.1, -0.05) is 18.1 Å². The Hall–Kier alpha value is -1.46. The molecular weight excluding hydrogens is 172 g/mol. The second-order valence-electron chi connectivity index (χ2n) is 3.40. The van der Waals surface area contributed by atoms with Crippen molar-refractivity contribution in [3.05, 3.63) is 36.3 Å². The highest BCUT2D eigenvalue weighted by Crippen LogP contribution is 2.12. The van der Waals surface area contributed by atoms with Crippen molar-refractivity contribution in [2.45, 2.75) is 0 Å². The van der Waals surface area contributed by atoms with Crippen LogP contribution in [0.3, 0.4) is 0 Å². The van der Waals surface area contributed by atoms with Crippen molar-refractivity contribution >= 4 is 5.69 Å². The van der Waals surface area contributed by atoms with E-state index in [0.717, 1.165) is 24.3 Å². The summed E-state index contributed by atoms with van der Waals surface area (Å²) in [6.07, 6.45) is 7.10. The van der Waals surface area contributed by atoms with Gasteiger partial charge in [-0.2, -0.15) is 0 Å². The summed E-state index contributed by atoms with van der Waals surface area (Å²) in [5, 5.41) is 3.27. The Kier molecular flexibility index (Phi) is 4.03. The first-order valence-electron chi connectivity index (χ1n) is 4.64. The summed E-state index contributed by atoms with van der Waals surface area (Å²) in [6, 6.07) is 7.71. The van der Waals surface area contributed by atoms with Gasteiger partial charge in [-0.3, -0.25) is 0 Å². The summed E-state index contributed by atoms with van der Waals surface area (Å²) < 4.78 is 0. The third kappa shape index (κ3) is 3.12. The van der Waals surface area contributed by atoms with Crippen LogP contribution in [-0.4, -0.2) is 32.1 Å². The molecule has 1 radical (unpaired) electrons. The quantitative estimate of drug-likeness (QED) is 0.720. The predicted molar refractivity (Wildman–Crippen MR) is 59.7 cm³/mol. The van der Waals surface area contributed by atoms with Gasteiger partial charge in [0.05, 0.1) is 0 Å². The molecule has 1 rings (SSSR count). The first-order chi connectivity index (χ1) is 6.74. The van der Waals surface area contributed by atoms with E-state index >= 15 is 0 Å². The minimum atomic E-state index is 0.811. The molecular formula is C12H15N2. The number of anilines is 1. The molecule has 0 saturated heterocycles. The predicted octanol–water partition coefficient (Wildman–Crippen LogP) is 1.60. The fourth-order valence-electron chi connectivity index (χ4n) is 1.16. The summed E-state index contributed by atoms with van der Waals surface area (Å²) in [7, 11) is 4.08. The van der Waals surface area contributed by atoms with E-state index in [1.54, 1.807) is 0 Å². The van der Waals surface area contributed by atoms with Crippen LogP contribution in [0.2, 0.25) is 0 Å². The Morgan fingerprint density at radius 2 is 2.07 bits per heavy atom. The second kappa shape index (κ2) is 5.31. The Morgan fingerprint density at radius 3 is 2.71 bits per heavy atom. The fourth-order valence-corrected chi connectivity index (χ4v) is 1.16. The molecule has 0 aromatic heterocycles. The van der Waals surface area contributed by atoms with Crippen LogP contribution in [0.15, 0.2) is 24.3 Å². The van der Waals surface area contributed by atoms with E-state index in [9.17, 15) is 0 Å². The molecule has 0 unspecified atom stereocenters. The van der Waals surface area contributed by atoms with Crippen LogP contribution in [0, 0.1) is 12.3 Å². The number of likely N-dealkylation sites (N-methyl/N-ethyl adjacent to an activating group) is 1. The molecule has 1 aromatic carbocycles. The van der Waals surface area contributed by atoms with Gasteiger partial charge in [-0.25, -0.2) is 0 Å². The van der Waals surface area contributed by atoms with E-state index in [2.05, 4.69) is 16.1 Å². The highest BCUT2D eigenvalue weighted by Gasteiger charge is 1.97. The monoisotopic (exact) mass is 187 g/mol. The molecule has 0 aliphatic heterocycles. The largest absolute Gasteiger partial charge is 0.383 e. The van der Waals surface area contributed by atoms with Crippen molar-refractivity contribution in [1.82, 2.24) is 4.90 Å². The zero-order valence-electron chi connectivity index (χ0n) is 8.67. The molecule has 14 heavy (non-hydrogen) atoms. The van der Waals surface area contributed by atoms with Crippen molar-refractivity contribution in [3.63, 3.8) is 0 Å². The van der Waals surface area contributed by atoms with Crippen molar-refractivity contribution in [2.75, 3.05) is 32.5 Å². The molecule has 0 atom stereocenters. The number of rotatable bonds is 4. The molecule has 1 N–H and O–H groups in total. The van der Waals surface area contributed by atoms with Crippen LogP contribution in [-0.2, 0) is 0 Å². The van der Waals surface area contributed by atoms with E-state index in [4.69, 9.17) is 6.42 Å².